The average Bonchev–Trinajstić information content (AvgIpc) is 3.17. The Morgan fingerprint density at radius 3 is 1.98 bits per heavy atom. The fraction of sp³-hybridized carbons (Fsp3) is 0.393. The van der Waals surface area contributed by atoms with E-state index in [1.807, 2.05) is 48.5 Å². The predicted molar refractivity (Wildman–Crippen MR) is 140 cm³/mol. The largest absolute Gasteiger partial charge is 0.516 e. The summed E-state index contributed by atoms with van der Waals surface area (Å²) in [6.07, 6.45) is -4.74. The van der Waals surface area contributed by atoms with Gasteiger partial charge in [-0.1, -0.05) is 48.5 Å². The van der Waals surface area contributed by atoms with Crippen molar-refractivity contribution in [2.75, 3.05) is 6.61 Å². The molecule has 0 saturated carbocycles. The van der Waals surface area contributed by atoms with Crippen molar-refractivity contribution in [3.05, 3.63) is 59.7 Å². The van der Waals surface area contributed by atoms with Crippen molar-refractivity contribution >= 4 is 30.1 Å². The lowest BCUT2D eigenvalue weighted by molar-refractivity contribution is -0.146. The fourth-order valence-corrected chi connectivity index (χ4v) is 4.21. The summed E-state index contributed by atoms with van der Waals surface area (Å²) in [4.78, 5) is 61.3. The average molecular weight is 557 g/mol. The summed E-state index contributed by atoms with van der Waals surface area (Å²) in [6.45, 7) is 5.70. The van der Waals surface area contributed by atoms with Gasteiger partial charge in [0, 0.05) is 5.92 Å². The first-order valence-electron chi connectivity index (χ1n) is 12.5. The Labute approximate surface area is 230 Å². The molecule has 0 heterocycles. The van der Waals surface area contributed by atoms with Crippen molar-refractivity contribution in [2.24, 2.45) is 0 Å². The first kappa shape index (κ1) is 30.1. The van der Waals surface area contributed by atoms with E-state index in [4.69, 9.17) is 9.47 Å². The summed E-state index contributed by atoms with van der Waals surface area (Å²) in [5.41, 5.74) is 2.96. The quantitative estimate of drug-likeness (QED) is 0.265. The van der Waals surface area contributed by atoms with E-state index in [2.05, 4.69) is 15.4 Å². The van der Waals surface area contributed by atoms with Gasteiger partial charge in [0.25, 0.3) is 0 Å². The summed E-state index contributed by atoms with van der Waals surface area (Å²) < 4.78 is 14.9. The van der Waals surface area contributed by atoms with Crippen molar-refractivity contribution in [3.63, 3.8) is 0 Å². The van der Waals surface area contributed by atoms with Crippen LogP contribution in [-0.2, 0) is 28.6 Å². The van der Waals surface area contributed by atoms with Gasteiger partial charge in [-0.2, -0.15) is 0 Å². The van der Waals surface area contributed by atoms with Crippen LogP contribution in [0.25, 0.3) is 11.1 Å². The van der Waals surface area contributed by atoms with Crippen molar-refractivity contribution in [1.82, 2.24) is 10.6 Å². The summed E-state index contributed by atoms with van der Waals surface area (Å²) in [5, 5.41) is 23.3. The van der Waals surface area contributed by atoms with Gasteiger partial charge in [0.05, 0.1) is 12.5 Å². The molecule has 1 aliphatic carbocycles. The molecule has 40 heavy (non-hydrogen) atoms. The number of ether oxygens (including phenoxy) is 3. The standard InChI is InChI=1S/C28H32N2O10/c1-15(31)23(25(34)35)30-24(33)21(13-22(32)39-27(37)40-28(2,3)4)29-26(36)38-14-20-18-11-7-5-9-16(18)17-10-6-8-12-19(17)20/h5-12,15,20-21,23,31H,13-14H2,1-4H3,(H,29,36)(H,30,33)(H,34,35)/t15-,21+,23+/m1/s1. The van der Waals surface area contributed by atoms with Crippen LogP contribution >= 0.6 is 0 Å². The second-order valence-corrected chi connectivity index (χ2v) is 10.2. The number of carbonyl (C=O) groups excluding carboxylic acids is 4. The summed E-state index contributed by atoms with van der Waals surface area (Å²) >= 11 is 0. The molecule has 0 aromatic heterocycles. The maximum absolute atomic E-state index is 12.9. The lowest BCUT2D eigenvalue weighted by Crippen LogP contribution is -2.55. The second kappa shape index (κ2) is 12.6. The van der Waals surface area contributed by atoms with Crippen LogP contribution in [0.4, 0.5) is 9.59 Å². The lowest BCUT2D eigenvalue weighted by Gasteiger charge is -2.23. The number of amides is 2. The number of rotatable bonds is 9. The van der Waals surface area contributed by atoms with E-state index >= 15 is 0 Å². The molecule has 12 heteroatoms. The number of hydrogen-bond donors (Lipinski definition) is 4. The molecule has 0 saturated heterocycles. The van der Waals surface area contributed by atoms with Crippen molar-refractivity contribution in [2.45, 2.75) is 63.8 Å². The highest BCUT2D eigenvalue weighted by Gasteiger charge is 2.34. The number of hydrogen-bond acceptors (Lipinski definition) is 9. The number of carboxylic acid groups (broad SMARTS) is 1. The third kappa shape index (κ3) is 7.79. The predicted octanol–water partition coefficient (Wildman–Crippen LogP) is 2.71. The van der Waals surface area contributed by atoms with Crippen molar-refractivity contribution in [1.29, 1.82) is 0 Å². The number of carbonyl (C=O) groups is 5. The molecule has 3 atom stereocenters. The summed E-state index contributed by atoms with van der Waals surface area (Å²) in [6, 6.07) is 11.9. The van der Waals surface area contributed by atoms with Crippen LogP contribution in [0.3, 0.4) is 0 Å². The van der Waals surface area contributed by atoms with E-state index in [9.17, 15) is 34.2 Å². The number of carboxylic acids is 1. The minimum absolute atomic E-state index is 0.0953. The molecule has 2 aromatic rings. The van der Waals surface area contributed by atoms with E-state index in [-0.39, 0.29) is 12.5 Å². The Balaban J connectivity index is 1.71. The van der Waals surface area contributed by atoms with Gasteiger partial charge < -0.3 is 35.1 Å². The summed E-state index contributed by atoms with van der Waals surface area (Å²) in [5.74, 6) is -4.17. The molecule has 0 radical (unpaired) electrons. The van der Waals surface area contributed by atoms with E-state index < -0.39 is 60.3 Å². The van der Waals surface area contributed by atoms with Gasteiger partial charge >= 0.3 is 24.2 Å². The topological polar surface area (TPSA) is 178 Å². The highest BCUT2D eigenvalue weighted by atomic mass is 16.7. The molecule has 12 nitrogen and oxygen atoms in total. The highest BCUT2D eigenvalue weighted by molar-refractivity contribution is 5.93. The van der Waals surface area contributed by atoms with Crippen molar-refractivity contribution < 1.29 is 48.4 Å². The molecule has 2 amide bonds. The third-order valence-electron chi connectivity index (χ3n) is 5.96. The third-order valence-corrected chi connectivity index (χ3v) is 5.96. The van der Waals surface area contributed by atoms with Gasteiger partial charge in [0.1, 0.15) is 18.2 Å². The molecule has 214 valence electrons. The zero-order valence-electron chi connectivity index (χ0n) is 22.5. The number of aliphatic hydroxyl groups excluding tert-OH is 1. The maximum atomic E-state index is 12.9. The zero-order valence-corrected chi connectivity index (χ0v) is 22.5. The van der Waals surface area contributed by atoms with Crippen LogP contribution in [0, 0.1) is 0 Å². The fourth-order valence-electron chi connectivity index (χ4n) is 4.21. The van der Waals surface area contributed by atoms with Gasteiger partial charge in [0.15, 0.2) is 6.04 Å². The molecule has 0 unspecified atom stereocenters. The Morgan fingerprint density at radius 1 is 0.925 bits per heavy atom. The zero-order chi connectivity index (χ0) is 29.6. The Kier molecular flexibility index (Phi) is 9.48. The summed E-state index contributed by atoms with van der Waals surface area (Å²) in [7, 11) is 0. The molecule has 0 bridgehead atoms. The van der Waals surface area contributed by atoms with Crippen molar-refractivity contribution in [3.8, 4) is 11.1 Å². The normalized spacial score (nSPS) is 14.5. The molecule has 0 aliphatic heterocycles. The smallest absolute Gasteiger partial charge is 0.480 e. The number of esters is 1. The van der Waals surface area contributed by atoms with Gasteiger partial charge in [-0.3, -0.25) is 9.59 Å². The number of fused-ring (bicyclic) bond motifs is 3. The van der Waals surface area contributed by atoms with Crippen LogP contribution in [0.1, 0.15) is 51.2 Å². The van der Waals surface area contributed by atoms with E-state index in [1.54, 1.807) is 20.8 Å². The molecule has 0 fully saturated rings. The minimum atomic E-state index is -1.74. The Bertz CT molecular complexity index is 1240. The molecule has 2 aromatic carbocycles. The minimum Gasteiger partial charge on any atom is -0.480 e. The molecular formula is C28H32N2O10. The monoisotopic (exact) mass is 556 g/mol. The van der Waals surface area contributed by atoms with Gasteiger partial charge in [-0.15, -0.1) is 0 Å². The van der Waals surface area contributed by atoms with Crippen LogP contribution in [0.5, 0.6) is 0 Å². The number of benzene rings is 2. The van der Waals surface area contributed by atoms with Crippen LogP contribution in [0.2, 0.25) is 0 Å². The van der Waals surface area contributed by atoms with E-state index in [0.29, 0.717) is 0 Å². The molecule has 4 N–H and O–H groups in total. The number of alkyl carbamates (subject to hydrolysis) is 1. The first-order valence-corrected chi connectivity index (χ1v) is 12.5. The molecule has 3 rings (SSSR count). The number of aliphatic hydroxyl groups is 1. The van der Waals surface area contributed by atoms with E-state index in [0.717, 1.165) is 29.2 Å². The van der Waals surface area contributed by atoms with Gasteiger partial charge in [-0.25, -0.2) is 14.4 Å². The Hall–Kier alpha value is -4.45. The Morgan fingerprint density at radius 2 is 1.48 bits per heavy atom. The van der Waals surface area contributed by atoms with Gasteiger partial charge in [-0.05, 0) is 49.9 Å². The number of aliphatic carboxylic acids is 1. The molecule has 1 aliphatic rings. The molecule has 0 spiro atoms. The van der Waals surface area contributed by atoms with Crippen LogP contribution < -0.4 is 10.6 Å². The SMILES string of the molecule is C[C@@H](O)[C@H](NC(=O)[C@H](CC(=O)OC(=O)OC(C)(C)C)NC(=O)OCC1c2ccccc2-c2ccccc21)C(=O)O. The number of nitrogens with one attached hydrogen (secondary N) is 2. The van der Waals surface area contributed by atoms with Gasteiger partial charge in [0.2, 0.25) is 5.91 Å². The first-order chi connectivity index (χ1) is 18.8. The second-order valence-electron chi connectivity index (χ2n) is 10.2. The maximum Gasteiger partial charge on any atom is 0.516 e. The van der Waals surface area contributed by atoms with Crippen LogP contribution in [-0.4, -0.2) is 70.7 Å². The molecular weight excluding hydrogens is 524 g/mol. The van der Waals surface area contributed by atoms with Crippen LogP contribution in [0.15, 0.2) is 48.5 Å². The lowest BCUT2D eigenvalue weighted by atomic mass is 9.98. The highest BCUT2D eigenvalue weighted by Crippen LogP contribution is 2.44. The van der Waals surface area contributed by atoms with E-state index in [1.165, 1.54) is 0 Å².